The summed E-state index contributed by atoms with van der Waals surface area (Å²) in [5.74, 6) is 0.776. The number of hydrogen-bond donors (Lipinski definition) is 1. The van der Waals surface area contributed by atoms with Gasteiger partial charge in [0.2, 0.25) is 0 Å². The van der Waals surface area contributed by atoms with Gasteiger partial charge in [-0.15, -0.1) is 0 Å². The molecule has 0 saturated carbocycles. The number of nitrogens with one attached hydrogen (secondary N) is 1. The third-order valence-electron chi connectivity index (χ3n) is 4.77. The van der Waals surface area contributed by atoms with Gasteiger partial charge in [-0.3, -0.25) is 4.79 Å². The van der Waals surface area contributed by atoms with Crippen LogP contribution in [0.5, 0.6) is 5.75 Å². The average molecular weight is 359 g/mol. The topological polar surface area (TPSA) is 41.6 Å². The summed E-state index contributed by atoms with van der Waals surface area (Å²) in [6.45, 7) is 5.67. The molecule has 0 aromatic heterocycles. The quantitative estimate of drug-likeness (QED) is 0.899. The van der Waals surface area contributed by atoms with Gasteiger partial charge in [0.15, 0.2) is 0 Å². The molecule has 5 heteroatoms. The highest BCUT2D eigenvalue weighted by Gasteiger charge is 2.26. The smallest absolute Gasteiger partial charge is 0.251 e. The van der Waals surface area contributed by atoms with Gasteiger partial charge in [0.05, 0.1) is 12.8 Å². The molecular formula is C20H23ClN2O2. The van der Waals surface area contributed by atoms with Crippen molar-refractivity contribution in [2.24, 2.45) is 0 Å². The lowest BCUT2D eigenvalue weighted by atomic mass is 10.1. The number of rotatable bonds is 4. The van der Waals surface area contributed by atoms with E-state index in [9.17, 15) is 4.79 Å². The number of aryl methyl sites for hydroxylation is 2. The lowest BCUT2D eigenvalue weighted by molar-refractivity contribution is 0.0940. The number of carbonyl (C=O) groups excluding carboxylic acids is 1. The van der Waals surface area contributed by atoms with E-state index in [4.69, 9.17) is 16.3 Å². The Hall–Kier alpha value is -2.20. The fourth-order valence-corrected chi connectivity index (χ4v) is 3.32. The third kappa shape index (κ3) is 3.90. The molecule has 1 aliphatic heterocycles. The van der Waals surface area contributed by atoms with Crippen LogP contribution < -0.4 is 15.0 Å². The summed E-state index contributed by atoms with van der Waals surface area (Å²) >= 11 is 6.13. The number of amides is 1. The first-order valence-corrected chi connectivity index (χ1v) is 8.82. The lowest BCUT2D eigenvalue weighted by Gasteiger charge is -2.22. The van der Waals surface area contributed by atoms with Crippen molar-refractivity contribution in [3.63, 3.8) is 0 Å². The van der Waals surface area contributed by atoms with Crippen LogP contribution in [0.1, 0.15) is 27.9 Å². The molecule has 25 heavy (non-hydrogen) atoms. The van der Waals surface area contributed by atoms with Crippen molar-refractivity contribution in [2.45, 2.75) is 26.3 Å². The van der Waals surface area contributed by atoms with Gasteiger partial charge in [-0.1, -0.05) is 17.7 Å². The van der Waals surface area contributed by atoms with Crippen LogP contribution in [0.2, 0.25) is 5.02 Å². The standard InChI is InChI=1S/C20H23ClN2O2/c1-13-4-5-15(10-14(13)2)20(24)22-17-8-9-23(12-17)18-11-16(21)6-7-19(18)25-3/h4-7,10-11,17H,8-9,12H2,1-3H3,(H,22,24). The summed E-state index contributed by atoms with van der Waals surface area (Å²) in [5, 5.41) is 3.82. The number of methoxy groups -OCH3 is 1. The predicted octanol–water partition coefficient (Wildman–Crippen LogP) is 3.97. The number of ether oxygens (including phenoxy) is 1. The summed E-state index contributed by atoms with van der Waals surface area (Å²) in [4.78, 5) is 14.7. The van der Waals surface area contributed by atoms with E-state index < -0.39 is 0 Å². The number of nitrogens with zero attached hydrogens (tertiary/aromatic N) is 1. The van der Waals surface area contributed by atoms with Gasteiger partial charge in [0, 0.05) is 29.7 Å². The molecule has 1 saturated heterocycles. The minimum Gasteiger partial charge on any atom is -0.495 e. The lowest BCUT2D eigenvalue weighted by Crippen LogP contribution is -2.37. The molecule has 1 aliphatic rings. The van der Waals surface area contributed by atoms with Gasteiger partial charge >= 0.3 is 0 Å². The minimum atomic E-state index is -0.0204. The van der Waals surface area contributed by atoms with Crippen LogP contribution >= 0.6 is 11.6 Å². The second-order valence-corrected chi connectivity index (χ2v) is 6.96. The molecular weight excluding hydrogens is 336 g/mol. The van der Waals surface area contributed by atoms with Gasteiger partial charge in [0.25, 0.3) is 5.91 Å². The van der Waals surface area contributed by atoms with E-state index >= 15 is 0 Å². The van der Waals surface area contributed by atoms with Gasteiger partial charge in [-0.25, -0.2) is 0 Å². The number of halogens is 1. The summed E-state index contributed by atoms with van der Waals surface area (Å²) in [6.07, 6.45) is 0.895. The molecule has 2 aromatic rings. The molecule has 1 amide bonds. The average Bonchev–Trinajstić information content (AvgIpc) is 3.05. The SMILES string of the molecule is COc1ccc(Cl)cc1N1CCC(NC(=O)c2ccc(C)c(C)c2)C1. The molecule has 2 aromatic carbocycles. The molecule has 1 fully saturated rings. The summed E-state index contributed by atoms with van der Waals surface area (Å²) in [6, 6.07) is 11.5. The Kier molecular flexibility index (Phi) is 5.19. The fraction of sp³-hybridized carbons (Fsp3) is 0.350. The Balaban J connectivity index is 1.68. The van der Waals surface area contributed by atoms with Crippen LogP contribution in [0.4, 0.5) is 5.69 Å². The van der Waals surface area contributed by atoms with Crippen molar-refractivity contribution in [3.8, 4) is 5.75 Å². The number of carbonyl (C=O) groups is 1. The van der Waals surface area contributed by atoms with Gasteiger partial charge in [0.1, 0.15) is 5.75 Å². The first kappa shape index (κ1) is 17.6. The van der Waals surface area contributed by atoms with Crippen LogP contribution in [-0.2, 0) is 0 Å². The van der Waals surface area contributed by atoms with Crippen molar-refractivity contribution in [1.29, 1.82) is 0 Å². The highest BCUT2D eigenvalue weighted by Crippen LogP contribution is 2.33. The number of benzene rings is 2. The van der Waals surface area contributed by atoms with E-state index in [1.807, 2.05) is 50.2 Å². The Morgan fingerprint density at radius 2 is 2.00 bits per heavy atom. The van der Waals surface area contributed by atoms with Crippen LogP contribution in [0, 0.1) is 13.8 Å². The maximum atomic E-state index is 12.5. The Labute approximate surface area is 153 Å². The minimum absolute atomic E-state index is 0.0204. The van der Waals surface area contributed by atoms with Crippen molar-refractivity contribution in [2.75, 3.05) is 25.1 Å². The molecule has 132 valence electrons. The predicted molar refractivity (Wildman–Crippen MR) is 102 cm³/mol. The third-order valence-corrected chi connectivity index (χ3v) is 5.01. The zero-order chi connectivity index (χ0) is 18.0. The maximum Gasteiger partial charge on any atom is 0.251 e. The van der Waals surface area contributed by atoms with Crippen LogP contribution in [0.15, 0.2) is 36.4 Å². The Bertz CT molecular complexity index is 791. The fourth-order valence-electron chi connectivity index (χ4n) is 3.16. The first-order chi connectivity index (χ1) is 12.0. The van der Waals surface area contributed by atoms with Crippen LogP contribution in [0.3, 0.4) is 0 Å². The van der Waals surface area contributed by atoms with Gasteiger partial charge in [-0.2, -0.15) is 0 Å². The number of hydrogen-bond acceptors (Lipinski definition) is 3. The Morgan fingerprint density at radius 1 is 1.20 bits per heavy atom. The molecule has 1 atom stereocenters. The van der Waals surface area contributed by atoms with Crippen molar-refractivity contribution >= 4 is 23.2 Å². The molecule has 4 nitrogen and oxygen atoms in total. The van der Waals surface area contributed by atoms with E-state index in [1.54, 1.807) is 7.11 Å². The van der Waals surface area contributed by atoms with Crippen molar-refractivity contribution in [3.05, 3.63) is 58.1 Å². The molecule has 0 aliphatic carbocycles. The molecule has 0 bridgehead atoms. The van der Waals surface area contributed by atoms with E-state index in [-0.39, 0.29) is 11.9 Å². The van der Waals surface area contributed by atoms with Crippen molar-refractivity contribution < 1.29 is 9.53 Å². The van der Waals surface area contributed by atoms with Gasteiger partial charge in [-0.05, 0) is 61.7 Å². The monoisotopic (exact) mass is 358 g/mol. The maximum absolute atomic E-state index is 12.5. The second kappa shape index (κ2) is 7.36. The van der Waals surface area contributed by atoms with Crippen LogP contribution in [-0.4, -0.2) is 32.1 Å². The first-order valence-electron chi connectivity index (χ1n) is 8.44. The summed E-state index contributed by atoms with van der Waals surface area (Å²) in [5.41, 5.74) is 4.00. The zero-order valence-electron chi connectivity index (χ0n) is 14.8. The highest BCUT2D eigenvalue weighted by atomic mass is 35.5. The van der Waals surface area contributed by atoms with E-state index in [0.29, 0.717) is 10.6 Å². The van der Waals surface area contributed by atoms with Crippen molar-refractivity contribution in [1.82, 2.24) is 5.32 Å². The molecule has 3 rings (SSSR count). The number of anilines is 1. The molecule has 1 N–H and O–H groups in total. The second-order valence-electron chi connectivity index (χ2n) is 6.52. The van der Waals surface area contributed by atoms with Crippen LogP contribution in [0.25, 0.3) is 0 Å². The normalized spacial score (nSPS) is 16.8. The van der Waals surface area contributed by atoms with E-state index in [2.05, 4.69) is 10.2 Å². The Morgan fingerprint density at radius 3 is 2.72 bits per heavy atom. The highest BCUT2D eigenvalue weighted by molar-refractivity contribution is 6.30. The molecule has 0 radical (unpaired) electrons. The summed E-state index contributed by atoms with van der Waals surface area (Å²) in [7, 11) is 1.65. The largest absolute Gasteiger partial charge is 0.495 e. The molecule has 1 unspecified atom stereocenters. The molecule has 1 heterocycles. The summed E-state index contributed by atoms with van der Waals surface area (Å²) < 4.78 is 5.44. The van der Waals surface area contributed by atoms with E-state index in [1.165, 1.54) is 5.56 Å². The molecule has 0 spiro atoms. The van der Waals surface area contributed by atoms with Gasteiger partial charge < -0.3 is 15.0 Å². The zero-order valence-corrected chi connectivity index (χ0v) is 15.6. The van der Waals surface area contributed by atoms with E-state index in [0.717, 1.165) is 36.5 Å².